The normalized spacial score (nSPS) is 11.0. The molecule has 12 heteroatoms. The monoisotopic (exact) mass is 453 g/mol. The number of amides is 1. The number of pyridine rings is 1. The lowest BCUT2D eigenvalue weighted by Crippen LogP contribution is -2.40. The van der Waals surface area contributed by atoms with Gasteiger partial charge in [-0.3, -0.25) is 4.79 Å². The molecule has 0 spiro atoms. The lowest BCUT2D eigenvalue weighted by molar-refractivity contribution is -0.191. The number of rotatable bonds is 7. The third-order valence-corrected chi connectivity index (χ3v) is 4.63. The zero-order valence-corrected chi connectivity index (χ0v) is 18.0. The van der Waals surface area contributed by atoms with Gasteiger partial charge in [0.2, 0.25) is 5.95 Å². The zero-order valence-electron chi connectivity index (χ0n) is 18.0. The largest absolute Gasteiger partial charge is 0.480 e. The molecule has 3 aromatic rings. The first kappa shape index (κ1) is 24.7. The van der Waals surface area contributed by atoms with E-state index in [0.29, 0.717) is 29.6 Å². The number of hydrogen-bond acceptors (Lipinski definition) is 10. The van der Waals surface area contributed by atoms with E-state index >= 15 is 0 Å². The Balaban J connectivity index is 0.00000122. The van der Waals surface area contributed by atoms with Gasteiger partial charge in [0.1, 0.15) is 11.6 Å². The van der Waals surface area contributed by atoms with Crippen molar-refractivity contribution < 1.29 is 24.3 Å². The number of nitrogens with one attached hydrogen (secondary N) is 1. The van der Waals surface area contributed by atoms with Gasteiger partial charge in [-0.1, -0.05) is 6.92 Å². The van der Waals surface area contributed by atoms with Crippen LogP contribution in [0.5, 0.6) is 0 Å². The molecule has 1 atom stereocenters. The second-order valence-corrected chi connectivity index (χ2v) is 6.90. The summed E-state index contributed by atoms with van der Waals surface area (Å²) >= 11 is 0. The van der Waals surface area contributed by atoms with Crippen molar-refractivity contribution in [2.24, 2.45) is 0 Å². The number of fused-ring (bicyclic) bond motifs is 1. The number of carbonyl (C=O) groups excluding carboxylic acids is 3. The minimum Gasteiger partial charge on any atom is -0.480 e. The van der Waals surface area contributed by atoms with Gasteiger partial charge < -0.3 is 26.8 Å². The third-order valence-electron chi connectivity index (χ3n) is 4.63. The summed E-state index contributed by atoms with van der Waals surface area (Å²) < 4.78 is 0. The molecule has 0 fully saturated rings. The van der Waals surface area contributed by atoms with Crippen LogP contribution in [0.4, 0.5) is 17.5 Å². The van der Waals surface area contributed by atoms with Crippen molar-refractivity contribution in [2.45, 2.75) is 25.9 Å². The smallest absolute Gasteiger partial charge is 0.373 e. The zero-order chi connectivity index (χ0) is 24.5. The molecule has 0 radical (unpaired) electrons. The van der Waals surface area contributed by atoms with Crippen molar-refractivity contribution in [1.29, 1.82) is 0 Å². The molecule has 12 nitrogen and oxygen atoms in total. The quantitative estimate of drug-likeness (QED) is 0.395. The number of carboxylic acid groups (broad SMARTS) is 1. The molecule has 0 saturated carbocycles. The number of nitrogens with zero attached hydrogens (tertiary/aromatic N) is 4. The molecule has 1 amide bonds. The van der Waals surface area contributed by atoms with Crippen LogP contribution in [0.25, 0.3) is 11.0 Å². The summed E-state index contributed by atoms with van der Waals surface area (Å²) in [6.07, 6.45) is 0.558. The maximum atomic E-state index is 12.2. The molecule has 1 unspecified atom stereocenters. The Hall–Kier alpha value is -4.57. The van der Waals surface area contributed by atoms with Gasteiger partial charge in [0.15, 0.2) is 5.82 Å². The molecule has 3 rings (SSSR count). The summed E-state index contributed by atoms with van der Waals surface area (Å²) in [5.74, 6) is -1.16. The van der Waals surface area contributed by atoms with Gasteiger partial charge >= 0.3 is 12.1 Å². The van der Waals surface area contributed by atoms with Gasteiger partial charge in [-0.25, -0.2) is 14.8 Å². The highest BCUT2D eigenvalue weighted by molar-refractivity contribution is 5.96. The molecule has 0 aliphatic heterocycles. The number of hydrogen-bond donors (Lipinski definition) is 4. The lowest BCUT2D eigenvalue weighted by atomic mass is 10.1. The molecule has 0 saturated heterocycles. The number of anilines is 3. The van der Waals surface area contributed by atoms with Crippen LogP contribution in [-0.2, 0) is 20.9 Å². The van der Waals surface area contributed by atoms with Crippen LogP contribution in [0.2, 0.25) is 0 Å². The van der Waals surface area contributed by atoms with E-state index in [9.17, 15) is 9.59 Å². The molecule has 2 aromatic heterocycles. The van der Waals surface area contributed by atoms with Crippen molar-refractivity contribution in [3.8, 4) is 0 Å². The van der Waals surface area contributed by atoms with Crippen LogP contribution >= 0.6 is 0 Å². The molecule has 1 aromatic carbocycles. The second-order valence-electron chi connectivity index (χ2n) is 6.90. The van der Waals surface area contributed by atoms with Crippen molar-refractivity contribution in [3.63, 3.8) is 0 Å². The SMILES string of the molecule is CCC(NC(=O)c1ccc(N(C)Cc2ccc3nc(N)nc(N)c3n2)cc1)C(=O)O.O=C=O. The number of benzene rings is 1. The van der Waals surface area contributed by atoms with E-state index in [0.717, 1.165) is 11.4 Å². The topological polar surface area (TPSA) is 194 Å². The highest BCUT2D eigenvalue weighted by atomic mass is 16.4. The Bertz CT molecular complexity index is 1180. The molecule has 0 aliphatic rings. The Labute approximate surface area is 188 Å². The molecule has 0 bridgehead atoms. The Morgan fingerprint density at radius 2 is 1.73 bits per heavy atom. The van der Waals surface area contributed by atoms with Gasteiger partial charge in [0.05, 0.1) is 17.8 Å². The first-order chi connectivity index (χ1) is 15.7. The maximum absolute atomic E-state index is 12.2. The van der Waals surface area contributed by atoms with E-state index < -0.39 is 17.9 Å². The minimum atomic E-state index is -1.06. The predicted octanol–water partition coefficient (Wildman–Crippen LogP) is 0.835. The first-order valence-corrected chi connectivity index (χ1v) is 9.72. The van der Waals surface area contributed by atoms with Gasteiger partial charge in [-0.05, 0) is 42.8 Å². The molecule has 33 heavy (non-hydrogen) atoms. The fourth-order valence-corrected chi connectivity index (χ4v) is 2.97. The number of carboxylic acids is 1. The Morgan fingerprint density at radius 3 is 2.30 bits per heavy atom. The van der Waals surface area contributed by atoms with Crippen molar-refractivity contribution in [3.05, 3.63) is 47.7 Å². The highest BCUT2D eigenvalue weighted by Gasteiger charge is 2.18. The van der Waals surface area contributed by atoms with E-state index in [1.807, 2.05) is 18.0 Å². The Morgan fingerprint density at radius 1 is 1.09 bits per heavy atom. The van der Waals surface area contributed by atoms with Crippen LogP contribution in [-0.4, -0.2) is 51.2 Å². The number of aliphatic carboxylic acids is 1. The van der Waals surface area contributed by atoms with Crippen LogP contribution in [0, 0.1) is 0 Å². The summed E-state index contributed by atoms with van der Waals surface area (Å²) in [7, 11) is 1.89. The van der Waals surface area contributed by atoms with Crippen LogP contribution in [0.3, 0.4) is 0 Å². The lowest BCUT2D eigenvalue weighted by Gasteiger charge is -2.19. The summed E-state index contributed by atoms with van der Waals surface area (Å²) in [5, 5.41) is 11.6. The summed E-state index contributed by atoms with van der Waals surface area (Å²) in [6.45, 7) is 2.19. The number of nitrogens with two attached hydrogens (primary N) is 2. The first-order valence-electron chi connectivity index (χ1n) is 9.72. The van der Waals surface area contributed by atoms with E-state index in [4.69, 9.17) is 26.2 Å². The number of aromatic nitrogens is 3. The Kier molecular flexibility index (Phi) is 8.35. The molecule has 0 aliphatic carbocycles. The third kappa shape index (κ3) is 6.45. The van der Waals surface area contributed by atoms with E-state index in [1.54, 1.807) is 37.3 Å². The fraction of sp³-hybridized carbons (Fsp3) is 0.238. The number of nitrogen functional groups attached to an aromatic ring is 2. The highest BCUT2D eigenvalue weighted by Crippen LogP contribution is 2.20. The fourth-order valence-electron chi connectivity index (χ4n) is 2.97. The van der Waals surface area contributed by atoms with E-state index in [2.05, 4.69) is 20.3 Å². The predicted molar refractivity (Wildman–Crippen MR) is 119 cm³/mol. The van der Waals surface area contributed by atoms with E-state index in [-0.39, 0.29) is 17.9 Å². The summed E-state index contributed by atoms with van der Waals surface area (Å²) in [5.41, 5.74) is 14.6. The van der Waals surface area contributed by atoms with Crippen LogP contribution < -0.4 is 21.7 Å². The minimum absolute atomic E-state index is 0.101. The van der Waals surface area contributed by atoms with Gasteiger partial charge in [-0.2, -0.15) is 14.6 Å². The second kappa shape index (κ2) is 11.2. The van der Waals surface area contributed by atoms with Gasteiger partial charge in [-0.15, -0.1) is 0 Å². The summed E-state index contributed by atoms with van der Waals surface area (Å²) in [4.78, 5) is 54.1. The molecular weight excluding hydrogens is 430 g/mol. The summed E-state index contributed by atoms with van der Waals surface area (Å²) in [6, 6.07) is 9.59. The van der Waals surface area contributed by atoms with Crippen molar-refractivity contribution >= 4 is 46.5 Å². The van der Waals surface area contributed by atoms with Crippen LogP contribution in [0.15, 0.2) is 36.4 Å². The molecule has 6 N–H and O–H groups in total. The molecule has 2 heterocycles. The standard InChI is InChI=1S/C20H23N7O3.CO2/c1-3-14(19(29)30)24-18(28)11-4-7-13(8-5-11)27(2)10-12-6-9-15-16(23-12)17(21)26-20(22)25-15;2-1-3/h4-9,14H,3,10H2,1-2H3,(H,24,28)(H,29,30)(H4,21,22,25,26);. The average molecular weight is 453 g/mol. The van der Waals surface area contributed by atoms with Gasteiger partial charge in [0, 0.05) is 18.3 Å². The van der Waals surface area contributed by atoms with E-state index in [1.165, 1.54) is 0 Å². The average Bonchev–Trinajstić information content (AvgIpc) is 2.78. The maximum Gasteiger partial charge on any atom is 0.373 e. The number of carbonyl (C=O) groups is 2. The van der Waals surface area contributed by atoms with Crippen molar-refractivity contribution in [2.75, 3.05) is 23.4 Å². The van der Waals surface area contributed by atoms with Crippen molar-refractivity contribution in [1.82, 2.24) is 20.3 Å². The molecule has 172 valence electrons. The molecular formula is C21H23N7O5. The van der Waals surface area contributed by atoms with Crippen LogP contribution in [0.1, 0.15) is 29.4 Å². The van der Waals surface area contributed by atoms with Gasteiger partial charge in [0.25, 0.3) is 5.91 Å².